The number of nitrogens with zero attached hydrogens (tertiary/aromatic N) is 5. The molecule has 1 aromatic carbocycles. The lowest BCUT2D eigenvalue weighted by molar-refractivity contribution is -0.193. The van der Waals surface area contributed by atoms with Crippen molar-refractivity contribution in [3.63, 3.8) is 0 Å². The van der Waals surface area contributed by atoms with Crippen molar-refractivity contribution >= 4 is 40.6 Å². The summed E-state index contributed by atoms with van der Waals surface area (Å²) >= 11 is 1.69. The summed E-state index contributed by atoms with van der Waals surface area (Å²) in [4.78, 5) is 39.1. The largest absolute Gasteiger partial charge is 0.382 e. The summed E-state index contributed by atoms with van der Waals surface area (Å²) in [6, 6.07) is 6.94. The van der Waals surface area contributed by atoms with Crippen LogP contribution in [-0.2, 0) is 14.2 Å². The van der Waals surface area contributed by atoms with Gasteiger partial charge in [-0.05, 0) is 38.2 Å². The van der Waals surface area contributed by atoms with E-state index in [1.807, 2.05) is 18.4 Å². The highest BCUT2D eigenvalue weighted by molar-refractivity contribution is 7.99. The SMILES string of the molecule is CC1(C)O[C@@H]2[C@H](O1)[C@@H](CSCCCN1C(=O)c3ccccc3C1=O)O[C@H]2n1cnc2c(N)ncnc21. The molecular weight excluding hydrogens is 484 g/mol. The topological polar surface area (TPSA) is 135 Å². The molecule has 2 N–H and O–H groups in total. The lowest BCUT2D eigenvalue weighted by atomic mass is 10.1. The number of fused-ring (bicyclic) bond motifs is 3. The van der Waals surface area contributed by atoms with Crippen molar-refractivity contribution in [1.82, 2.24) is 24.4 Å². The maximum absolute atomic E-state index is 12.6. The van der Waals surface area contributed by atoms with Crippen LogP contribution in [0.4, 0.5) is 5.82 Å². The third kappa shape index (κ3) is 3.84. The molecular formula is C24H26N6O5S. The Morgan fingerprint density at radius 3 is 2.53 bits per heavy atom. The summed E-state index contributed by atoms with van der Waals surface area (Å²) in [5.74, 6) is 0.556. The second-order valence-electron chi connectivity index (χ2n) is 9.45. The Balaban J connectivity index is 1.09. The molecule has 2 saturated heterocycles. The quantitative estimate of drug-likeness (QED) is 0.372. The molecule has 0 saturated carbocycles. The number of imide groups is 1. The first-order valence-electron chi connectivity index (χ1n) is 11.8. The van der Waals surface area contributed by atoms with E-state index in [1.54, 1.807) is 42.4 Å². The van der Waals surface area contributed by atoms with Gasteiger partial charge in [0, 0.05) is 12.3 Å². The van der Waals surface area contributed by atoms with Crippen LogP contribution in [0.3, 0.4) is 0 Å². The standard InChI is InChI=1S/C24H26N6O5S/c1-24(2)34-17-15(10-36-9-5-8-29-21(31)13-6-3-4-7-14(13)22(29)32)33-23(18(17)35-24)30-12-28-16-19(25)26-11-27-20(16)30/h3-4,6-7,11-12,15,17-18,23H,5,8-10H2,1-2H3,(H2,25,26,27)/t15-,17-,18-,23-/m1/s1. The van der Waals surface area contributed by atoms with Gasteiger partial charge < -0.3 is 19.9 Å². The normalized spacial score (nSPS) is 26.7. The Hall–Kier alpha value is -3.06. The number of carbonyl (C=O) groups is 2. The molecule has 188 valence electrons. The number of carbonyl (C=O) groups excluding carboxylic acids is 2. The van der Waals surface area contributed by atoms with E-state index in [9.17, 15) is 9.59 Å². The number of amides is 2. The van der Waals surface area contributed by atoms with Crippen LogP contribution in [-0.4, -0.2) is 78.4 Å². The van der Waals surface area contributed by atoms with E-state index < -0.39 is 12.0 Å². The summed E-state index contributed by atoms with van der Waals surface area (Å²) in [7, 11) is 0. The average molecular weight is 511 g/mol. The minimum Gasteiger partial charge on any atom is -0.382 e. The minimum absolute atomic E-state index is 0.220. The van der Waals surface area contributed by atoms with Gasteiger partial charge in [-0.25, -0.2) is 15.0 Å². The van der Waals surface area contributed by atoms with Crippen molar-refractivity contribution in [1.29, 1.82) is 0 Å². The molecule has 11 nitrogen and oxygen atoms in total. The number of nitrogen functional groups attached to an aromatic ring is 1. The average Bonchev–Trinajstić information content (AvgIpc) is 3.57. The van der Waals surface area contributed by atoms with Gasteiger partial charge in [-0.1, -0.05) is 12.1 Å². The first-order valence-corrected chi connectivity index (χ1v) is 13.0. The van der Waals surface area contributed by atoms with E-state index in [0.29, 0.717) is 46.8 Å². The van der Waals surface area contributed by atoms with Crippen LogP contribution in [0, 0.1) is 0 Å². The van der Waals surface area contributed by atoms with Gasteiger partial charge in [0.1, 0.15) is 24.1 Å². The van der Waals surface area contributed by atoms with Crippen molar-refractivity contribution in [3.8, 4) is 0 Å². The number of benzene rings is 1. The number of anilines is 1. The highest BCUT2D eigenvalue weighted by Crippen LogP contribution is 2.44. The van der Waals surface area contributed by atoms with Crippen molar-refractivity contribution in [3.05, 3.63) is 48.0 Å². The number of aromatic nitrogens is 4. The summed E-state index contributed by atoms with van der Waals surface area (Å²) in [5, 5.41) is 0. The fourth-order valence-corrected chi connectivity index (χ4v) is 6.04. The van der Waals surface area contributed by atoms with Crippen LogP contribution in [0.1, 0.15) is 47.2 Å². The van der Waals surface area contributed by atoms with Gasteiger partial charge in [-0.2, -0.15) is 11.8 Å². The summed E-state index contributed by atoms with van der Waals surface area (Å²) in [5.41, 5.74) is 8.00. The minimum atomic E-state index is -0.740. The molecule has 36 heavy (non-hydrogen) atoms. The van der Waals surface area contributed by atoms with E-state index in [0.717, 1.165) is 5.75 Å². The van der Waals surface area contributed by atoms with Gasteiger partial charge in [0.15, 0.2) is 23.5 Å². The van der Waals surface area contributed by atoms with Crippen molar-refractivity contribution in [2.24, 2.45) is 0 Å². The number of rotatable bonds is 7. The molecule has 0 bridgehead atoms. The zero-order valence-electron chi connectivity index (χ0n) is 19.9. The fourth-order valence-electron chi connectivity index (χ4n) is 5.04. The van der Waals surface area contributed by atoms with E-state index in [1.165, 1.54) is 11.2 Å². The molecule has 4 atom stereocenters. The van der Waals surface area contributed by atoms with Crippen molar-refractivity contribution in [2.45, 2.75) is 50.6 Å². The molecule has 0 spiro atoms. The number of thioether (sulfide) groups is 1. The van der Waals surface area contributed by atoms with E-state index >= 15 is 0 Å². The molecule has 3 aliphatic rings. The second-order valence-corrected chi connectivity index (χ2v) is 10.6. The molecule has 2 aromatic heterocycles. The number of nitrogens with two attached hydrogens (primary N) is 1. The number of hydrogen-bond donors (Lipinski definition) is 1. The highest BCUT2D eigenvalue weighted by atomic mass is 32.2. The first kappa shape index (κ1) is 23.3. The molecule has 2 fully saturated rings. The molecule has 5 heterocycles. The third-order valence-electron chi connectivity index (χ3n) is 6.62. The Labute approximate surface area is 211 Å². The lowest BCUT2D eigenvalue weighted by Gasteiger charge is -2.24. The molecule has 2 amide bonds. The van der Waals surface area contributed by atoms with Crippen LogP contribution < -0.4 is 5.73 Å². The molecule has 0 radical (unpaired) electrons. The van der Waals surface area contributed by atoms with Crippen molar-refractivity contribution < 1.29 is 23.8 Å². The van der Waals surface area contributed by atoms with E-state index in [-0.39, 0.29) is 30.1 Å². The monoisotopic (exact) mass is 510 g/mol. The zero-order chi connectivity index (χ0) is 25.0. The molecule has 12 heteroatoms. The van der Waals surface area contributed by atoms with Gasteiger partial charge in [-0.3, -0.25) is 19.1 Å². The maximum atomic E-state index is 12.6. The molecule has 6 rings (SSSR count). The molecule has 0 aliphatic carbocycles. The van der Waals surface area contributed by atoms with Gasteiger partial charge in [0.25, 0.3) is 11.8 Å². The predicted octanol–water partition coefficient (Wildman–Crippen LogP) is 2.25. The maximum Gasteiger partial charge on any atom is 0.261 e. The molecule has 3 aliphatic heterocycles. The smallest absolute Gasteiger partial charge is 0.261 e. The molecule has 0 unspecified atom stereocenters. The Morgan fingerprint density at radius 1 is 1.06 bits per heavy atom. The molecule has 3 aromatic rings. The Bertz CT molecular complexity index is 1310. The van der Waals surface area contributed by atoms with Gasteiger partial charge >= 0.3 is 0 Å². The number of ether oxygens (including phenoxy) is 3. The van der Waals surface area contributed by atoms with Crippen LogP contribution >= 0.6 is 11.8 Å². The zero-order valence-corrected chi connectivity index (χ0v) is 20.7. The van der Waals surface area contributed by atoms with Crippen LogP contribution in [0.2, 0.25) is 0 Å². The predicted molar refractivity (Wildman–Crippen MR) is 131 cm³/mol. The Morgan fingerprint density at radius 2 is 1.78 bits per heavy atom. The Kier molecular flexibility index (Phi) is 5.71. The first-order chi connectivity index (χ1) is 17.3. The van der Waals surface area contributed by atoms with Crippen LogP contribution in [0.15, 0.2) is 36.9 Å². The van der Waals surface area contributed by atoms with E-state index in [4.69, 9.17) is 19.9 Å². The number of hydrogen-bond acceptors (Lipinski definition) is 10. The summed E-state index contributed by atoms with van der Waals surface area (Å²) < 4.78 is 20.6. The highest BCUT2D eigenvalue weighted by Gasteiger charge is 2.56. The van der Waals surface area contributed by atoms with E-state index in [2.05, 4.69) is 15.0 Å². The van der Waals surface area contributed by atoms with Crippen LogP contribution in [0.25, 0.3) is 11.2 Å². The summed E-state index contributed by atoms with van der Waals surface area (Å²) in [6.07, 6.45) is 2.44. The van der Waals surface area contributed by atoms with Crippen LogP contribution in [0.5, 0.6) is 0 Å². The number of imidazole rings is 1. The second kappa shape index (κ2) is 8.80. The lowest BCUT2D eigenvalue weighted by Crippen LogP contribution is -2.32. The van der Waals surface area contributed by atoms with Gasteiger partial charge in [-0.15, -0.1) is 0 Å². The van der Waals surface area contributed by atoms with Gasteiger partial charge in [0.2, 0.25) is 0 Å². The fraction of sp³-hybridized carbons (Fsp3) is 0.458. The van der Waals surface area contributed by atoms with Crippen molar-refractivity contribution in [2.75, 3.05) is 23.8 Å². The van der Waals surface area contributed by atoms with Gasteiger partial charge in [0.05, 0.1) is 23.6 Å². The summed E-state index contributed by atoms with van der Waals surface area (Å²) in [6.45, 7) is 4.16. The third-order valence-corrected chi connectivity index (χ3v) is 7.76.